The second kappa shape index (κ2) is 12.6. The Hall–Kier alpha value is -2.73. The van der Waals surface area contributed by atoms with Crippen LogP contribution in [0.25, 0.3) is 0 Å². The van der Waals surface area contributed by atoms with Gasteiger partial charge in [-0.2, -0.15) is 0 Å². The molecule has 1 N–H and O–H groups in total. The van der Waals surface area contributed by atoms with Crippen molar-refractivity contribution in [2.24, 2.45) is 11.3 Å². The third-order valence-electron chi connectivity index (χ3n) is 7.57. The molecule has 1 saturated heterocycles. The molecule has 2 fully saturated rings. The van der Waals surface area contributed by atoms with E-state index in [0.29, 0.717) is 12.8 Å². The van der Waals surface area contributed by atoms with E-state index >= 15 is 0 Å². The van der Waals surface area contributed by atoms with Crippen LogP contribution in [-0.4, -0.2) is 84.3 Å². The molecule has 1 heterocycles. The van der Waals surface area contributed by atoms with E-state index in [2.05, 4.69) is 20.8 Å². The highest BCUT2D eigenvalue weighted by molar-refractivity contribution is 5.82. The van der Waals surface area contributed by atoms with Crippen molar-refractivity contribution in [1.29, 1.82) is 0 Å². The molecule has 12 heteroatoms. The van der Waals surface area contributed by atoms with Gasteiger partial charge in [-0.15, -0.1) is 0 Å². The monoisotopic (exact) mass is 558 g/mol. The van der Waals surface area contributed by atoms with Crippen LogP contribution in [0.5, 0.6) is 0 Å². The Morgan fingerprint density at radius 1 is 0.923 bits per heavy atom. The summed E-state index contributed by atoms with van der Waals surface area (Å²) in [6, 6.07) is 0. The van der Waals surface area contributed by atoms with Crippen LogP contribution in [0.15, 0.2) is 0 Å². The summed E-state index contributed by atoms with van der Waals surface area (Å²) in [5, 5.41) is 12.1. The Labute approximate surface area is 228 Å². The molecule has 0 aromatic heterocycles. The summed E-state index contributed by atoms with van der Waals surface area (Å²) >= 11 is 0. The summed E-state index contributed by atoms with van der Waals surface area (Å²) in [5.41, 5.74) is -3.91. The van der Waals surface area contributed by atoms with Crippen molar-refractivity contribution < 1.29 is 57.5 Å². The van der Waals surface area contributed by atoms with Gasteiger partial charge in [-0.3, -0.25) is 19.2 Å². The third kappa shape index (κ3) is 7.69. The van der Waals surface area contributed by atoms with Crippen LogP contribution >= 0.6 is 0 Å². The normalized spacial score (nSPS) is 31.8. The van der Waals surface area contributed by atoms with Gasteiger partial charge in [0.15, 0.2) is 17.8 Å². The number of ether oxygens (including phenoxy) is 6. The van der Waals surface area contributed by atoms with Crippen molar-refractivity contribution in [2.45, 2.75) is 116 Å². The molecule has 12 nitrogen and oxygen atoms in total. The lowest BCUT2D eigenvalue weighted by atomic mass is 9.62. The van der Waals surface area contributed by atoms with Crippen molar-refractivity contribution in [3.05, 3.63) is 0 Å². The predicted molar refractivity (Wildman–Crippen MR) is 134 cm³/mol. The van der Waals surface area contributed by atoms with Crippen molar-refractivity contribution in [3.8, 4) is 0 Å². The zero-order chi connectivity index (χ0) is 29.8. The second-order valence-electron chi connectivity index (χ2n) is 11.4. The maximum absolute atomic E-state index is 13.5. The second-order valence-corrected chi connectivity index (χ2v) is 11.4. The minimum Gasteiger partial charge on any atom is -0.467 e. The molecule has 0 radical (unpaired) electrons. The molecular formula is C27H42O12. The molecule has 5 atom stereocenters. The van der Waals surface area contributed by atoms with Gasteiger partial charge in [0.25, 0.3) is 0 Å². The molecule has 222 valence electrons. The standard InChI is InChI=1S/C27H42O12/c1-15(28)35-14-21(37-17(3)30)23-22(38-18(4)31)20(36-16(2)29)13-27(39-23,24(32)34-8)26(33)11-9-19(10-12-26)25(5,6)7/h19-23,33H,9-14H2,1-8H3/t19?,20-,21-,22-,23+,26?,27+/m1/s1. The summed E-state index contributed by atoms with van der Waals surface area (Å²) < 4.78 is 32.9. The molecule has 0 amide bonds. The maximum atomic E-state index is 13.5. The average molecular weight is 559 g/mol. The number of methoxy groups -OCH3 is 1. The van der Waals surface area contributed by atoms with Crippen molar-refractivity contribution in [3.63, 3.8) is 0 Å². The van der Waals surface area contributed by atoms with E-state index in [1.165, 1.54) is 0 Å². The van der Waals surface area contributed by atoms with Crippen LogP contribution < -0.4 is 0 Å². The van der Waals surface area contributed by atoms with Crippen LogP contribution in [-0.2, 0) is 52.4 Å². The van der Waals surface area contributed by atoms with Crippen LogP contribution in [0.3, 0.4) is 0 Å². The van der Waals surface area contributed by atoms with Crippen LogP contribution in [0, 0.1) is 11.3 Å². The van der Waals surface area contributed by atoms with Gasteiger partial charge in [0, 0.05) is 34.1 Å². The van der Waals surface area contributed by atoms with Crippen molar-refractivity contribution in [1.82, 2.24) is 0 Å². The fourth-order valence-electron chi connectivity index (χ4n) is 5.66. The highest BCUT2D eigenvalue weighted by atomic mass is 16.7. The quantitative estimate of drug-likeness (QED) is 0.341. The lowest BCUT2D eigenvalue weighted by Crippen LogP contribution is -2.72. The molecule has 0 aromatic carbocycles. The molecule has 1 aliphatic carbocycles. The first-order chi connectivity index (χ1) is 18.0. The first kappa shape index (κ1) is 32.5. The van der Waals surface area contributed by atoms with Gasteiger partial charge in [0.05, 0.1) is 7.11 Å². The topological polar surface area (TPSA) is 161 Å². The van der Waals surface area contributed by atoms with Crippen LogP contribution in [0.2, 0.25) is 0 Å². The first-order valence-electron chi connectivity index (χ1n) is 13.1. The number of esters is 5. The SMILES string of the molecule is COC(=O)[C@]1(C2(O)CCC(C(C)(C)C)CC2)C[C@@H](OC(C)=O)[C@@H](OC(C)=O)[C@H]([C@@H](COC(C)=O)OC(C)=O)O1. The minimum absolute atomic E-state index is 0.0408. The zero-order valence-electron chi connectivity index (χ0n) is 24.1. The molecular weight excluding hydrogens is 516 g/mol. The van der Waals surface area contributed by atoms with Gasteiger partial charge in [0.2, 0.25) is 0 Å². The number of hydrogen-bond donors (Lipinski definition) is 1. The molecule has 39 heavy (non-hydrogen) atoms. The Balaban J connectivity index is 2.68. The molecule has 0 bridgehead atoms. The van der Waals surface area contributed by atoms with E-state index in [-0.39, 0.29) is 24.2 Å². The van der Waals surface area contributed by atoms with Crippen LogP contribution in [0.4, 0.5) is 0 Å². The van der Waals surface area contributed by atoms with Crippen LogP contribution in [0.1, 0.15) is 80.6 Å². The molecule has 0 aromatic rings. The maximum Gasteiger partial charge on any atom is 0.341 e. The van der Waals surface area contributed by atoms with Crippen molar-refractivity contribution >= 4 is 29.8 Å². The van der Waals surface area contributed by atoms with E-state index < -0.39 is 78.5 Å². The van der Waals surface area contributed by atoms with Gasteiger partial charge < -0.3 is 33.5 Å². The van der Waals surface area contributed by atoms with Gasteiger partial charge in [0.1, 0.15) is 24.4 Å². The van der Waals surface area contributed by atoms with E-state index in [0.717, 1.165) is 34.8 Å². The highest BCUT2D eigenvalue weighted by Crippen LogP contribution is 2.51. The molecule has 2 rings (SSSR count). The lowest BCUT2D eigenvalue weighted by molar-refractivity contribution is -0.300. The van der Waals surface area contributed by atoms with Gasteiger partial charge in [-0.25, -0.2) is 4.79 Å². The lowest BCUT2D eigenvalue weighted by Gasteiger charge is -2.55. The van der Waals surface area contributed by atoms with Crippen molar-refractivity contribution in [2.75, 3.05) is 13.7 Å². The Bertz CT molecular complexity index is 930. The number of aliphatic hydroxyl groups is 1. The van der Waals surface area contributed by atoms with Gasteiger partial charge in [-0.1, -0.05) is 20.8 Å². The number of hydrogen-bond acceptors (Lipinski definition) is 12. The smallest absolute Gasteiger partial charge is 0.341 e. The van der Waals surface area contributed by atoms with E-state index in [4.69, 9.17) is 28.4 Å². The number of carbonyl (C=O) groups is 5. The number of rotatable bonds is 8. The Morgan fingerprint density at radius 3 is 1.92 bits per heavy atom. The van der Waals surface area contributed by atoms with Gasteiger partial charge in [-0.05, 0) is 37.0 Å². The Morgan fingerprint density at radius 2 is 1.49 bits per heavy atom. The van der Waals surface area contributed by atoms with E-state index in [9.17, 15) is 29.1 Å². The molecule has 1 saturated carbocycles. The van der Waals surface area contributed by atoms with E-state index in [1.807, 2.05) is 0 Å². The third-order valence-corrected chi connectivity index (χ3v) is 7.57. The zero-order valence-corrected chi connectivity index (χ0v) is 24.1. The first-order valence-corrected chi connectivity index (χ1v) is 13.1. The van der Waals surface area contributed by atoms with E-state index in [1.54, 1.807) is 0 Å². The summed E-state index contributed by atoms with van der Waals surface area (Å²) in [6.07, 6.45) is -4.51. The fourth-order valence-corrected chi connectivity index (χ4v) is 5.66. The Kier molecular flexibility index (Phi) is 10.5. The number of carbonyl (C=O) groups excluding carboxylic acids is 5. The molecule has 2 aliphatic rings. The summed E-state index contributed by atoms with van der Waals surface area (Å²) in [5.74, 6) is -3.67. The summed E-state index contributed by atoms with van der Waals surface area (Å²) in [7, 11) is 1.13. The molecule has 1 aliphatic heterocycles. The predicted octanol–water partition coefficient (Wildman–Crippen LogP) is 2.01. The van der Waals surface area contributed by atoms with Gasteiger partial charge >= 0.3 is 29.8 Å². The fraction of sp³-hybridized carbons (Fsp3) is 0.815. The molecule has 0 spiro atoms. The molecule has 0 unspecified atom stereocenters. The highest BCUT2D eigenvalue weighted by Gasteiger charge is 2.66. The summed E-state index contributed by atoms with van der Waals surface area (Å²) in [4.78, 5) is 61.4. The minimum atomic E-state index is -2.10. The largest absolute Gasteiger partial charge is 0.467 e. The summed E-state index contributed by atoms with van der Waals surface area (Å²) in [6.45, 7) is 10.3. The average Bonchev–Trinajstić information content (AvgIpc) is 2.80.